The van der Waals surface area contributed by atoms with Gasteiger partial charge in [-0.3, -0.25) is 0 Å². The molecule has 0 aromatic rings. The van der Waals surface area contributed by atoms with Crippen LogP contribution in [0.1, 0.15) is 54.4 Å². The van der Waals surface area contributed by atoms with Gasteiger partial charge in [0.1, 0.15) is 0 Å². The number of nitrogens with zero attached hydrogens (tertiary/aromatic N) is 2. The SMILES string of the molecule is CC(CCC(C)C(C)(C)C(C)(C)N=C=O)N=C=O. The summed E-state index contributed by atoms with van der Waals surface area (Å²) < 4.78 is 0. The predicted molar refractivity (Wildman–Crippen MR) is 72.0 cm³/mol. The number of hydrogen-bond acceptors (Lipinski definition) is 4. The second-order valence-corrected chi connectivity index (χ2v) is 6.03. The maximum Gasteiger partial charge on any atom is 0.235 e. The Morgan fingerprint density at radius 1 is 1.00 bits per heavy atom. The average Bonchev–Trinajstić information content (AvgIpc) is 2.25. The molecule has 4 nitrogen and oxygen atoms in total. The van der Waals surface area contributed by atoms with Gasteiger partial charge in [-0.2, -0.15) is 4.99 Å². The van der Waals surface area contributed by atoms with E-state index in [0.717, 1.165) is 12.8 Å². The molecule has 18 heavy (non-hydrogen) atoms. The fourth-order valence-corrected chi connectivity index (χ4v) is 1.87. The van der Waals surface area contributed by atoms with Crippen molar-refractivity contribution < 1.29 is 9.59 Å². The monoisotopic (exact) mass is 252 g/mol. The van der Waals surface area contributed by atoms with Gasteiger partial charge in [0.2, 0.25) is 12.2 Å². The van der Waals surface area contributed by atoms with Crippen LogP contribution in [-0.2, 0) is 9.59 Å². The molecule has 0 bridgehead atoms. The van der Waals surface area contributed by atoms with E-state index in [1.165, 1.54) is 0 Å². The highest BCUT2D eigenvalue weighted by molar-refractivity contribution is 5.35. The van der Waals surface area contributed by atoms with Gasteiger partial charge in [0.25, 0.3) is 0 Å². The number of aliphatic imine (C=N–C) groups is 2. The first-order chi connectivity index (χ1) is 8.19. The molecule has 102 valence electrons. The van der Waals surface area contributed by atoms with E-state index in [2.05, 4.69) is 30.8 Å². The number of hydrogen-bond donors (Lipinski definition) is 0. The van der Waals surface area contributed by atoms with E-state index in [1.807, 2.05) is 20.8 Å². The summed E-state index contributed by atoms with van der Waals surface area (Å²) in [7, 11) is 0. The standard InChI is InChI=1S/C14H24N2O2/c1-11(7-8-12(2)15-9-17)13(3,4)14(5,6)16-10-18/h11-12H,7-8H2,1-6H3. The Bertz CT molecular complexity index is 362. The van der Waals surface area contributed by atoms with Crippen molar-refractivity contribution in [2.75, 3.05) is 0 Å². The third-order valence-electron chi connectivity index (χ3n) is 4.42. The Labute approximate surface area is 110 Å². The van der Waals surface area contributed by atoms with Crippen molar-refractivity contribution in [1.29, 1.82) is 0 Å². The lowest BCUT2D eigenvalue weighted by Crippen LogP contribution is -2.42. The Hall–Kier alpha value is -1.24. The molecule has 0 saturated carbocycles. The molecule has 0 aliphatic rings. The zero-order valence-corrected chi connectivity index (χ0v) is 12.3. The molecule has 0 saturated heterocycles. The highest BCUT2D eigenvalue weighted by Crippen LogP contribution is 2.42. The van der Waals surface area contributed by atoms with E-state index < -0.39 is 5.54 Å². The van der Waals surface area contributed by atoms with E-state index in [1.54, 1.807) is 12.2 Å². The van der Waals surface area contributed by atoms with Crippen molar-refractivity contribution in [2.45, 2.75) is 66.0 Å². The summed E-state index contributed by atoms with van der Waals surface area (Å²) in [4.78, 5) is 28.3. The van der Waals surface area contributed by atoms with Crippen molar-refractivity contribution >= 4 is 12.2 Å². The van der Waals surface area contributed by atoms with Crippen LogP contribution in [0.5, 0.6) is 0 Å². The van der Waals surface area contributed by atoms with Gasteiger partial charge in [0.05, 0.1) is 11.6 Å². The smallest absolute Gasteiger partial charge is 0.211 e. The topological polar surface area (TPSA) is 58.9 Å². The van der Waals surface area contributed by atoms with Crippen LogP contribution in [0.2, 0.25) is 0 Å². The maximum atomic E-state index is 10.5. The summed E-state index contributed by atoms with van der Waals surface area (Å²) in [6, 6.07) is -0.00145. The minimum absolute atomic E-state index is 0.00145. The van der Waals surface area contributed by atoms with Gasteiger partial charge < -0.3 is 0 Å². The Morgan fingerprint density at radius 2 is 1.56 bits per heavy atom. The van der Waals surface area contributed by atoms with Gasteiger partial charge in [-0.1, -0.05) is 20.8 Å². The molecule has 2 atom stereocenters. The number of carbonyl (C=O) groups excluding carboxylic acids is 2. The van der Waals surface area contributed by atoms with E-state index in [9.17, 15) is 9.59 Å². The van der Waals surface area contributed by atoms with E-state index in [0.29, 0.717) is 5.92 Å². The molecule has 0 amide bonds. The van der Waals surface area contributed by atoms with E-state index in [-0.39, 0.29) is 11.5 Å². The highest BCUT2D eigenvalue weighted by atomic mass is 16.1. The van der Waals surface area contributed by atoms with Crippen LogP contribution in [0.25, 0.3) is 0 Å². The summed E-state index contributed by atoms with van der Waals surface area (Å²) >= 11 is 0. The Balaban J connectivity index is 4.70. The molecule has 0 fully saturated rings. The fourth-order valence-electron chi connectivity index (χ4n) is 1.87. The van der Waals surface area contributed by atoms with Crippen LogP contribution in [-0.4, -0.2) is 23.7 Å². The first-order valence-corrected chi connectivity index (χ1v) is 6.35. The first-order valence-electron chi connectivity index (χ1n) is 6.35. The molecule has 2 unspecified atom stereocenters. The molecule has 0 aromatic carbocycles. The normalized spacial score (nSPS) is 15.2. The van der Waals surface area contributed by atoms with Gasteiger partial charge in [-0.15, -0.1) is 0 Å². The van der Waals surface area contributed by atoms with Gasteiger partial charge in [0.15, 0.2) is 0 Å². The van der Waals surface area contributed by atoms with Gasteiger partial charge in [0, 0.05) is 0 Å². The van der Waals surface area contributed by atoms with E-state index in [4.69, 9.17) is 0 Å². The third kappa shape index (κ3) is 4.21. The molecule has 0 radical (unpaired) electrons. The summed E-state index contributed by atoms with van der Waals surface area (Å²) in [6.45, 7) is 12.1. The van der Waals surface area contributed by atoms with Crippen molar-refractivity contribution in [1.82, 2.24) is 0 Å². The van der Waals surface area contributed by atoms with E-state index >= 15 is 0 Å². The van der Waals surface area contributed by atoms with Crippen molar-refractivity contribution in [2.24, 2.45) is 21.3 Å². The maximum absolute atomic E-state index is 10.5. The highest BCUT2D eigenvalue weighted by Gasteiger charge is 2.41. The Kier molecular flexibility index (Phi) is 6.17. The summed E-state index contributed by atoms with van der Waals surface area (Å²) in [5.41, 5.74) is -0.583. The summed E-state index contributed by atoms with van der Waals surface area (Å²) in [5.74, 6) is 0.355. The van der Waals surface area contributed by atoms with Gasteiger partial charge >= 0.3 is 0 Å². The largest absolute Gasteiger partial charge is 0.235 e. The van der Waals surface area contributed by atoms with Crippen LogP contribution < -0.4 is 0 Å². The molecule has 0 aliphatic heterocycles. The predicted octanol–water partition coefficient (Wildman–Crippen LogP) is 3.27. The van der Waals surface area contributed by atoms with Crippen molar-refractivity contribution in [3.63, 3.8) is 0 Å². The lowest BCUT2D eigenvalue weighted by atomic mass is 9.65. The first kappa shape index (κ1) is 16.8. The lowest BCUT2D eigenvalue weighted by Gasteiger charge is -2.42. The van der Waals surface area contributed by atoms with Gasteiger partial charge in [-0.25, -0.2) is 14.6 Å². The number of isocyanates is 2. The second kappa shape index (κ2) is 6.63. The minimum Gasteiger partial charge on any atom is -0.211 e. The Morgan fingerprint density at radius 3 is 2.00 bits per heavy atom. The van der Waals surface area contributed by atoms with Crippen LogP contribution in [0.3, 0.4) is 0 Å². The van der Waals surface area contributed by atoms with Crippen LogP contribution in [0, 0.1) is 11.3 Å². The fraction of sp³-hybridized carbons (Fsp3) is 0.857. The van der Waals surface area contributed by atoms with Crippen LogP contribution in [0.15, 0.2) is 9.98 Å². The molecule has 0 heterocycles. The van der Waals surface area contributed by atoms with Gasteiger partial charge in [-0.05, 0) is 44.9 Å². The molecular formula is C14H24N2O2. The zero-order chi connectivity index (χ0) is 14.4. The second-order valence-electron chi connectivity index (χ2n) is 6.03. The summed E-state index contributed by atoms with van der Waals surface area (Å²) in [6.07, 6.45) is 5.01. The molecule has 4 heteroatoms. The quantitative estimate of drug-likeness (QED) is 0.515. The van der Waals surface area contributed by atoms with Crippen LogP contribution in [0.4, 0.5) is 0 Å². The molecule has 0 spiro atoms. The molecule has 0 aliphatic carbocycles. The average molecular weight is 252 g/mol. The van der Waals surface area contributed by atoms with Crippen molar-refractivity contribution in [3.05, 3.63) is 0 Å². The van der Waals surface area contributed by atoms with Crippen molar-refractivity contribution in [3.8, 4) is 0 Å². The molecule has 0 N–H and O–H groups in total. The molecule has 0 aromatic heterocycles. The number of rotatable bonds is 7. The minimum atomic E-state index is -0.453. The summed E-state index contributed by atoms with van der Waals surface area (Å²) in [5, 5.41) is 0. The molecular weight excluding hydrogens is 228 g/mol. The zero-order valence-electron chi connectivity index (χ0n) is 12.3. The van der Waals surface area contributed by atoms with Crippen LogP contribution >= 0.6 is 0 Å². The lowest BCUT2D eigenvalue weighted by molar-refractivity contribution is 0.112. The molecule has 0 rings (SSSR count). The third-order valence-corrected chi connectivity index (χ3v) is 4.42.